The summed E-state index contributed by atoms with van der Waals surface area (Å²) in [4.78, 5) is 12.0. The van der Waals surface area contributed by atoms with E-state index >= 15 is 0 Å². The third-order valence-electron chi connectivity index (χ3n) is 3.95. The second-order valence-electron chi connectivity index (χ2n) is 5.35. The molecular weight excluding hydrogens is 202 g/mol. The molecule has 0 unspecified atom stereocenters. The number of carbonyl (C=O) groups excluding carboxylic acids is 1. The Kier molecular flexibility index (Phi) is 4.22. The molecule has 92 valence electrons. The molecule has 3 nitrogen and oxygen atoms in total. The number of nitrogens with one attached hydrogen (secondary N) is 1. The summed E-state index contributed by atoms with van der Waals surface area (Å²) in [5.74, 6) is 1.31. The summed E-state index contributed by atoms with van der Waals surface area (Å²) in [6.45, 7) is 3.80. The first-order valence-electron chi connectivity index (χ1n) is 6.64. The first-order valence-corrected chi connectivity index (χ1v) is 6.64. The highest BCUT2D eigenvalue weighted by molar-refractivity contribution is 5.79. The summed E-state index contributed by atoms with van der Waals surface area (Å²) < 4.78 is 5.27. The number of ether oxygens (including phenoxy) is 1. The van der Waals surface area contributed by atoms with Gasteiger partial charge in [0.15, 0.2) is 0 Å². The van der Waals surface area contributed by atoms with E-state index < -0.39 is 0 Å². The van der Waals surface area contributed by atoms with Crippen molar-refractivity contribution < 1.29 is 9.53 Å². The van der Waals surface area contributed by atoms with E-state index in [9.17, 15) is 4.79 Å². The minimum atomic E-state index is 0.202. The van der Waals surface area contributed by atoms with Gasteiger partial charge in [0.2, 0.25) is 5.91 Å². The van der Waals surface area contributed by atoms with Crippen LogP contribution in [0.3, 0.4) is 0 Å². The van der Waals surface area contributed by atoms with Crippen LogP contribution in [0.5, 0.6) is 0 Å². The van der Waals surface area contributed by atoms with Gasteiger partial charge in [-0.3, -0.25) is 4.79 Å². The van der Waals surface area contributed by atoms with Crippen molar-refractivity contribution in [3.05, 3.63) is 0 Å². The quantitative estimate of drug-likeness (QED) is 0.781. The molecule has 1 saturated heterocycles. The smallest absolute Gasteiger partial charge is 0.223 e. The van der Waals surface area contributed by atoms with Crippen LogP contribution in [0.2, 0.25) is 0 Å². The predicted octanol–water partition coefficient (Wildman–Crippen LogP) is 2.11. The van der Waals surface area contributed by atoms with Gasteiger partial charge in [-0.1, -0.05) is 6.92 Å². The molecule has 3 heteroatoms. The Hall–Kier alpha value is -0.570. The molecular formula is C13H23NO2. The van der Waals surface area contributed by atoms with Crippen LogP contribution in [0.4, 0.5) is 0 Å². The molecule has 0 aromatic rings. The lowest BCUT2D eigenvalue weighted by atomic mass is 9.87. The van der Waals surface area contributed by atoms with Crippen LogP contribution in [-0.2, 0) is 9.53 Å². The SMILES string of the molecule is CC1CCC(NC(=O)C2CCOCC2)CC1. The number of hydrogen-bond acceptors (Lipinski definition) is 2. The van der Waals surface area contributed by atoms with Crippen molar-refractivity contribution in [3.8, 4) is 0 Å². The van der Waals surface area contributed by atoms with E-state index in [0.29, 0.717) is 6.04 Å². The molecule has 0 radical (unpaired) electrons. The molecule has 1 aliphatic heterocycles. The Balaban J connectivity index is 1.73. The van der Waals surface area contributed by atoms with Crippen molar-refractivity contribution in [2.75, 3.05) is 13.2 Å². The monoisotopic (exact) mass is 225 g/mol. The van der Waals surface area contributed by atoms with Gasteiger partial charge < -0.3 is 10.1 Å². The third kappa shape index (κ3) is 3.21. The molecule has 16 heavy (non-hydrogen) atoms. The van der Waals surface area contributed by atoms with E-state index in [1.54, 1.807) is 0 Å². The van der Waals surface area contributed by atoms with Crippen LogP contribution in [0.1, 0.15) is 45.4 Å². The molecule has 1 N–H and O–H groups in total. The Morgan fingerprint density at radius 3 is 2.31 bits per heavy atom. The summed E-state index contributed by atoms with van der Waals surface area (Å²) in [6.07, 6.45) is 6.65. The standard InChI is InChI=1S/C13H23NO2/c1-10-2-4-12(5-3-10)14-13(15)11-6-8-16-9-7-11/h10-12H,2-9H2,1H3,(H,14,15). The van der Waals surface area contributed by atoms with Gasteiger partial charge in [-0.15, -0.1) is 0 Å². The molecule has 1 amide bonds. The van der Waals surface area contributed by atoms with Gasteiger partial charge in [0.1, 0.15) is 0 Å². The van der Waals surface area contributed by atoms with Gasteiger partial charge in [-0.25, -0.2) is 0 Å². The minimum absolute atomic E-state index is 0.202. The lowest BCUT2D eigenvalue weighted by molar-refractivity contribution is -0.128. The molecule has 1 saturated carbocycles. The van der Waals surface area contributed by atoms with Crippen molar-refractivity contribution in [1.82, 2.24) is 5.32 Å². The number of hydrogen-bond donors (Lipinski definition) is 1. The molecule has 2 aliphatic rings. The largest absolute Gasteiger partial charge is 0.381 e. The van der Waals surface area contributed by atoms with Gasteiger partial charge in [0, 0.05) is 25.2 Å². The topological polar surface area (TPSA) is 38.3 Å². The fourth-order valence-electron chi connectivity index (χ4n) is 2.68. The maximum absolute atomic E-state index is 12.0. The Labute approximate surface area is 97.9 Å². The highest BCUT2D eigenvalue weighted by Crippen LogP contribution is 2.24. The van der Waals surface area contributed by atoms with Gasteiger partial charge >= 0.3 is 0 Å². The van der Waals surface area contributed by atoms with Crippen LogP contribution < -0.4 is 5.32 Å². The first-order chi connectivity index (χ1) is 7.75. The molecule has 0 aromatic heterocycles. The number of carbonyl (C=O) groups is 1. The van der Waals surface area contributed by atoms with Crippen LogP contribution in [0, 0.1) is 11.8 Å². The fourth-order valence-corrected chi connectivity index (χ4v) is 2.68. The minimum Gasteiger partial charge on any atom is -0.381 e. The van der Waals surface area contributed by atoms with Gasteiger partial charge in [0.25, 0.3) is 0 Å². The summed E-state index contributed by atoms with van der Waals surface area (Å²) in [6, 6.07) is 0.437. The fraction of sp³-hybridized carbons (Fsp3) is 0.923. The summed E-state index contributed by atoms with van der Waals surface area (Å²) in [5, 5.41) is 3.21. The predicted molar refractivity (Wildman–Crippen MR) is 63.1 cm³/mol. The van der Waals surface area contributed by atoms with E-state index in [2.05, 4.69) is 12.2 Å². The molecule has 2 rings (SSSR count). The van der Waals surface area contributed by atoms with Crippen molar-refractivity contribution in [2.24, 2.45) is 11.8 Å². The summed E-state index contributed by atoms with van der Waals surface area (Å²) >= 11 is 0. The maximum Gasteiger partial charge on any atom is 0.223 e. The van der Waals surface area contributed by atoms with Gasteiger partial charge in [-0.05, 0) is 44.4 Å². The van der Waals surface area contributed by atoms with Crippen LogP contribution >= 0.6 is 0 Å². The zero-order chi connectivity index (χ0) is 11.4. The van der Waals surface area contributed by atoms with E-state index in [0.717, 1.165) is 44.8 Å². The van der Waals surface area contributed by atoms with Crippen molar-refractivity contribution in [2.45, 2.75) is 51.5 Å². The van der Waals surface area contributed by atoms with Crippen LogP contribution in [0.25, 0.3) is 0 Å². The van der Waals surface area contributed by atoms with Crippen molar-refractivity contribution in [3.63, 3.8) is 0 Å². The van der Waals surface area contributed by atoms with Gasteiger partial charge in [0.05, 0.1) is 0 Å². The third-order valence-corrected chi connectivity index (χ3v) is 3.95. The Bertz CT molecular complexity index is 228. The van der Waals surface area contributed by atoms with E-state index in [1.807, 2.05) is 0 Å². The van der Waals surface area contributed by atoms with Gasteiger partial charge in [-0.2, -0.15) is 0 Å². The normalized spacial score (nSPS) is 32.3. The zero-order valence-electron chi connectivity index (χ0n) is 10.2. The second-order valence-corrected chi connectivity index (χ2v) is 5.35. The lowest BCUT2D eigenvalue weighted by Crippen LogP contribution is -2.42. The Morgan fingerprint density at radius 1 is 1.06 bits per heavy atom. The van der Waals surface area contributed by atoms with E-state index in [1.165, 1.54) is 12.8 Å². The molecule has 0 atom stereocenters. The summed E-state index contributed by atoms with van der Waals surface area (Å²) in [5.41, 5.74) is 0. The lowest BCUT2D eigenvalue weighted by Gasteiger charge is -2.29. The Morgan fingerprint density at radius 2 is 1.69 bits per heavy atom. The van der Waals surface area contributed by atoms with E-state index in [4.69, 9.17) is 4.74 Å². The molecule has 0 spiro atoms. The molecule has 1 aliphatic carbocycles. The van der Waals surface area contributed by atoms with Crippen LogP contribution in [0.15, 0.2) is 0 Å². The molecule has 1 heterocycles. The second kappa shape index (κ2) is 5.67. The first kappa shape index (κ1) is 11.9. The molecule has 2 fully saturated rings. The molecule has 0 bridgehead atoms. The maximum atomic E-state index is 12.0. The zero-order valence-corrected chi connectivity index (χ0v) is 10.2. The number of rotatable bonds is 2. The highest BCUT2D eigenvalue weighted by Gasteiger charge is 2.25. The summed E-state index contributed by atoms with van der Waals surface area (Å²) in [7, 11) is 0. The average Bonchev–Trinajstić information content (AvgIpc) is 2.33. The number of amides is 1. The van der Waals surface area contributed by atoms with Crippen molar-refractivity contribution >= 4 is 5.91 Å². The van der Waals surface area contributed by atoms with Crippen LogP contribution in [-0.4, -0.2) is 25.2 Å². The van der Waals surface area contributed by atoms with Crippen molar-refractivity contribution in [1.29, 1.82) is 0 Å². The molecule has 0 aromatic carbocycles. The highest BCUT2D eigenvalue weighted by atomic mass is 16.5. The van der Waals surface area contributed by atoms with E-state index in [-0.39, 0.29) is 11.8 Å². The average molecular weight is 225 g/mol.